The Balaban J connectivity index is 1.95. The summed E-state index contributed by atoms with van der Waals surface area (Å²) in [5, 5.41) is 10.6. The fourth-order valence-electron chi connectivity index (χ4n) is 2.14. The van der Waals surface area contributed by atoms with Gasteiger partial charge in [0.1, 0.15) is 0 Å². The number of nitrogens with one attached hydrogen (secondary N) is 1. The number of nitro groups is 1. The molecule has 0 aliphatic heterocycles. The van der Waals surface area contributed by atoms with Crippen LogP contribution < -0.4 is 4.72 Å². The van der Waals surface area contributed by atoms with Crippen LogP contribution in [0.4, 0.5) is 5.69 Å². The predicted octanol–water partition coefficient (Wildman–Crippen LogP) is 2.82. The van der Waals surface area contributed by atoms with Gasteiger partial charge in [0.25, 0.3) is 5.69 Å². The topological polar surface area (TPSA) is 89.3 Å². The van der Waals surface area contributed by atoms with Gasteiger partial charge in [-0.05, 0) is 17.0 Å². The minimum absolute atomic E-state index is 0.0582. The van der Waals surface area contributed by atoms with Crippen molar-refractivity contribution in [3.8, 4) is 0 Å². The predicted molar refractivity (Wildman–Crippen MR) is 88.6 cm³/mol. The molecular weight excluding hydrogens is 316 g/mol. The second-order valence-corrected chi connectivity index (χ2v) is 7.15. The van der Waals surface area contributed by atoms with E-state index in [9.17, 15) is 18.5 Å². The van der Waals surface area contributed by atoms with Crippen LogP contribution in [-0.2, 0) is 15.8 Å². The lowest BCUT2D eigenvalue weighted by Gasteiger charge is -2.13. The summed E-state index contributed by atoms with van der Waals surface area (Å²) in [6, 6.07) is 15.2. The number of nitro benzene ring substituents is 1. The number of benzene rings is 2. The number of hydrogen-bond donors (Lipinski definition) is 1. The van der Waals surface area contributed by atoms with E-state index in [1.54, 1.807) is 0 Å². The van der Waals surface area contributed by atoms with Crippen LogP contribution in [0.25, 0.3) is 0 Å². The van der Waals surface area contributed by atoms with Gasteiger partial charge in [-0.1, -0.05) is 49.4 Å². The molecule has 1 atom stereocenters. The monoisotopic (exact) mass is 334 g/mol. The summed E-state index contributed by atoms with van der Waals surface area (Å²) in [5.41, 5.74) is 1.51. The molecule has 0 heterocycles. The second kappa shape index (κ2) is 7.34. The molecule has 0 saturated heterocycles. The van der Waals surface area contributed by atoms with E-state index >= 15 is 0 Å². The van der Waals surface area contributed by atoms with E-state index in [2.05, 4.69) is 4.72 Å². The van der Waals surface area contributed by atoms with Crippen LogP contribution >= 0.6 is 0 Å². The van der Waals surface area contributed by atoms with Gasteiger partial charge in [-0.15, -0.1) is 0 Å². The van der Waals surface area contributed by atoms with Gasteiger partial charge < -0.3 is 0 Å². The Bertz CT molecular complexity index is 758. The molecule has 0 spiro atoms. The van der Waals surface area contributed by atoms with Crippen molar-refractivity contribution in [3.63, 3.8) is 0 Å². The van der Waals surface area contributed by atoms with Crippen molar-refractivity contribution in [1.29, 1.82) is 0 Å². The van der Waals surface area contributed by atoms with E-state index in [4.69, 9.17) is 0 Å². The normalized spacial score (nSPS) is 12.7. The van der Waals surface area contributed by atoms with Gasteiger partial charge in [0, 0.05) is 18.7 Å². The molecule has 0 amide bonds. The van der Waals surface area contributed by atoms with Crippen LogP contribution in [-0.4, -0.2) is 19.9 Å². The van der Waals surface area contributed by atoms with E-state index in [1.807, 2.05) is 37.3 Å². The summed E-state index contributed by atoms with van der Waals surface area (Å²) in [4.78, 5) is 10.1. The van der Waals surface area contributed by atoms with Crippen molar-refractivity contribution in [1.82, 2.24) is 4.72 Å². The second-order valence-electron chi connectivity index (χ2n) is 5.34. The molecule has 6 nitrogen and oxygen atoms in total. The third-order valence-electron chi connectivity index (χ3n) is 3.48. The average molecular weight is 334 g/mol. The summed E-state index contributed by atoms with van der Waals surface area (Å²) in [6.07, 6.45) is 0. The van der Waals surface area contributed by atoms with Crippen LogP contribution in [0, 0.1) is 10.1 Å². The summed E-state index contributed by atoms with van der Waals surface area (Å²) in [6.45, 7) is 2.25. The first-order valence-corrected chi connectivity index (χ1v) is 8.78. The molecule has 7 heteroatoms. The summed E-state index contributed by atoms with van der Waals surface area (Å²) in [7, 11) is -3.49. The zero-order valence-corrected chi connectivity index (χ0v) is 13.5. The van der Waals surface area contributed by atoms with Crippen molar-refractivity contribution in [2.45, 2.75) is 18.6 Å². The van der Waals surface area contributed by atoms with E-state index < -0.39 is 14.9 Å². The number of sulfonamides is 1. The highest BCUT2D eigenvalue weighted by molar-refractivity contribution is 7.88. The van der Waals surface area contributed by atoms with Crippen molar-refractivity contribution in [2.24, 2.45) is 0 Å². The minimum Gasteiger partial charge on any atom is -0.258 e. The standard InChI is InChI=1S/C16H18N2O4S/c1-13(15-5-3-2-4-6-15)11-17-23(21,22)12-14-7-9-16(10-8-14)18(19)20/h2-10,13,17H,11-12H2,1H3/t13-/m0/s1. The van der Waals surface area contributed by atoms with Crippen LogP contribution in [0.1, 0.15) is 24.0 Å². The van der Waals surface area contributed by atoms with Gasteiger partial charge >= 0.3 is 0 Å². The molecule has 23 heavy (non-hydrogen) atoms. The third-order valence-corrected chi connectivity index (χ3v) is 4.80. The number of hydrogen-bond acceptors (Lipinski definition) is 4. The molecule has 0 radical (unpaired) electrons. The Hall–Kier alpha value is -2.25. The Morgan fingerprint density at radius 2 is 1.70 bits per heavy atom. The molecule has 2 aromatic carbocycles. The Morgan fingerprint density at radius 3 is 2.26 bits per heavy atom. The van der Waals surface area contributed by atoms with Gasteiger partial charge in [-0.2, -0.15) is 0 Å². The molecule has 2 rings (SSSR count). The smallest absolute Gasteiger partial charge is 0.258 e. The summed E-state index contributed by atoms with van der Waals surface area (Å²) >= 11 is 0. The maximum atomic E-state index is 12.1. The molecule has 2 aromatic rings. The van der Waals surface area contributed by atoms with E-state index in [0.29, 0.717) is 12.1 Å². The number of rotatable bonds is 7. The lowest BCUT2D eigenvalue weighted by Crippen LogP contribution is -2.28. The van der Waals surface area contributed by atoms with Crippen molar-refractivity contribution in [2.75, 3.05) is 6.54 Å². The molecule has 0 aliphatic rings. The zero-order valence-electron chi connectivity index (χ0n) is 12.7. The number of nitrogens with zero attached hydrogens (tertiary/aromatic N) is 1. The molecule has 1 N–H and O–H groups in total. The molecule has 0 bridgehead atoms. The van der Waals surface area contributed by atoms with Crippen LogP contribution in [0.15, 0.2) is 54.6 Å². The van der Waals surface area contributed by atoms with Crippen LogP contribution in [0.2, 0.25) is 0 Å². The van der Waals surface area contributed by atoms with E-state index in [1.165, 1.54) is 24.3 Å². The molecule has 122 valence electrons. The van der Waals surface area contributed by atoms with Gasteiger partial charge in [0.2, 0.25) is 10.0 Å². The van der Waals surface area contributed by atoms with Crippen molar-refractivity contribution in [3.05, 3.63) is 75.8 Å². The van der Waals surface area contributed by atoms with Gasteiger partial charge in [0.05, 0.1) is 10.7 Å². The average Bonchev–Trinajstić information content (AvgIpc) is 2.53. The fourth-order valence-corrected chi connectivity index (χ4v) is 3.37. The highest BCUT2D eigenvalue weighted by Crippen LogP contribution is 2.16. The van der Waals surface area contributed by atoms with Gasteiger partial charge in [-0.3, -0.25) is 10.1 Å². The number of non-ortho nitro benzene ring substituents is 1. The lowest BCUT2D eigenvalue weighted by atomic mass is 10.0. The first-order chi connectivity index (χ1) is 10.9. The van der Waals surface area contributed by atoms with Gasteiger partial charge in [-0.25, -0.2) is 13.1 Å². The van der Waals surface area contributed by atoms with E-state index in [0.717, 1.165) is 5.56 Å². The van der Waals surface area contributed by atoms with Crippen molar-refractivity contribution < 1.29 is 13.3 Å². The first-order valence-electron chi connectivity index (χ1n) is 7.13. The quantitative estimate of drug-likeness (QED) is 0.623. The molecule has 0 unspecified atom stereocenters. The van der Waals surface area contributed by atoms with E-state index in [-0.39, 0.29) is 17.4 Å². The zero-order chi connectivity index (χ0) is 16.9. The maximum Gasteiger partial charge on any atom is 0.269 e. The largest absolute Gasteiger partial charge is 0.269 e. The molecule has 0 aliphatic carbocycles. The van der Waals surface area contributed by atoms with Crippen molar-refractivity contribution >= 4 is 15.7 Å². The Kier molecular flexibility index (Phi) is 5.46. The first kappa shape index (κ1) is 17.1. The van der Waals surface area contributed by atoms with Crippen LogP contribution in [0.3, 0.4) is 0 Å². The highest BCUT2D eigenvalue weighted by Gasteiger charge is 2.15. The molecular formula is C16H18N2O4S. The van der Waals surface area contributed by atoms with Gasteiger partial charge in [0.15, 0.2) is 0 Å². The third kappa shape index (κ3) is 5.15. The lowest BCUT2D eigenvalue weighted by molar-refractivity contribution is -0.384. The fraction of sp³-hybridized carbons (Fsp3) is 0.250. The molecule has 0 aromatic heterocycles. The Morgan fingerprint density at radius 1 is 1.09 bits per heavy atom. The maximum absolute atomic E-state index is 12.1. The highest BCUT2D eigenvalue weighted by atomic mass is 32.2. The van der Waals surface area contributed by atoms with Crippen LogP contribution in [0.5, 0.6) is 0 Å². The Labute approximate surface area is 135 Å². The minimum atomic E-state index is -3.49. The SMILES string of the molecule is C[C@@H](CNS(=O)(=O)Cc1ccc([N+](=O)[O-])cc1)c1ccccc1. The molecule has 0 fully saturated rings. The summed E-state index contributed by atoms with van der Waals surface area (Å²) in [5.74, 6) is -0.144. The summed E-state index contributed by atoms with van der Waals surface area (Å²) < 4.78 is 26.8. The molecule has 0 saturated carbocycles.